The van der Waals surface area contributed by atoms with Crippen molar-refractivity contribution in [3.63, 3.8) is 0 Å². The van der Waals surface area contributed by atoms with Gasteiger partial charge in [0.2, 0.25) is 0 Å². The number of rotatable bonds is 3. The van der Waals surface area contributed by atoms with Crippen molar-refractivity contribution in [3.8, 4) is 0 Å². The van der Waals surface area contributed by atoms with Crippen LogP contribution in [-0.4, -0.2) is 11.2 Å². The zero-order chi connectivity index (χ0) is 11.5. The van der Waals surface area contributed by atoms with Crippen LogP contribution in [0.2, 0.25) is 0 Å². The third-order valence-electron chi connectivity index (χ3n) is 3.44. The minimum Gasteiger partial charge on any atom is -0.392 e. The molecule has 0 amide bonds. The van der Waals surface area contributed by atoms with Crippen LogP contribution in [0.25, 0.3) is 0 Å². The maximum atomic E-state index is 10.2. The third kappa shape index (κ3) is 2.35. The van der Waals surface area contributed by atoms with Crippen LogP contribution in [0, 0.1) is 0 Å². The molecular weight excluding hydrogens is 196 g/mol. The lowest BCUT2D eigenvalue weighted by atomic mass is 9.78. The number of hydrogen-bond acceptors (Lipinski definition) is 1. The lowest BCUT2D eigenvalue weighted by molar-refractivity contribution is 0.134. The van der Waals surface area contributed by atoms with Crippen molar-refractivity contribution in [3.05, 3.63) is 47.5 Å². The molecule has 0 aliphatic heterocycles. The molecule has 1 aromatic rings. The van der Waals surface area contributed by atoms with E-state index >= 15 is 0 Å². The molecule has 0 aromatic heterocycles. The summed E-state index contributed by atoms with van der Waals surface area (Å²) in [5, 5.41) is 10.2. The van der Waals surface area contributed by atoms with Gasteiger partial charge in [-0.2, -0.15) is 0 Å². The van der Waals surface area contributed by atoms with E-state index in [1.165, 1.54) is 17.5 Å². The van der Waals surface area contributed by atoms with Crippen LogP contribution < -0.4 is 0 Å². The summed E-state index contributed by atoms with van der Waals surface area (Å²) >= 11 is 0. The van der Waals surface area contributed by atoms with Crippen molar-refractivity contribution in [2.45, 2.75) is 44.6 Å². The van der Waals surface area contributed by atoms with Crippen LogP contribution >= 0.6 is 0 Å². The van der Waals surface area contributed by atoms with Gasteiger partial charge in [0, 0.05) is 5.92 Å². The molecule has 2 atom stereocenters. The largest absolute Gasteiger partial charge is 0.392 e. The van der Waals surface area contributed by atoms with E-state index in [4.69, 9.17) is 0 Å². The minimum atomic E-state index is -0.265. The van der Waals surface area contributed by atoms with E-state index in [0.29, 0.717) is 5.92 Å². The molecule has 0 spiro atoms. The Morgan fingerprint density at radius 1 is 1.50 bits per heavy atom. The molecule has 1 aliphatic rings. The lowest BCUT2D eigenvalue weighted by Gasteiger charge is -2.29. The van der Waals surface area contributed by atoms with Crippen molar-refractivity contribution >= 4 is 0 Å². The summed E-state index contributed by atoms with van der Waals surface area (Å²) < 4.78 is 0. The molecule has 2 unspecified atom stereocenters. The second-order valence-corrected chi connectivity index (χ2v) is 4.93. The Bertz CT molecular complexity index is 381. The number of aryl methyl sites for hydroxylation is 1. The van der Waals surface area contributed by atoms with Gasteiger partial charge in [-0.1, -0.05) is 29.8 Å². The Balaban J connectivity index is 2.21. The number of aliphatic hydroxyl groups excluding tert-OH is 1. The van der Waals surface area contributed by atoms with E-state index in [9.17, 15) is 5.11 Å². The summed E-state index contributed by atoms with van der Waals surface area (Å²) in [4.78, 5) is 0. The van der Waals surface area contributed by atoms with Gasteiger partial charge in [-0.3, -0.25) is 0 Å². The van der Waals surface area contributed by atoms with Crippen molar-refractivity contribution in [1.29, 1.82) is 0 Å². The Morgan fingerprint density at radius 2 is 2.25 bits per heavy atom. The average Bonchev–Trinajstić information content (AvgIpc) is 2.27. The van der Waals surface area contributed by atoms with Gasteiger partial charge in [-0.05, 0) is 43.7 Å². The highest BCUT2D eigenvalue weighted by Crippen LogP contribution is 2.35. The predicted octanol–water partition coefficient (Wildman–Crippen LogP) is 3.43. The van der Waals surface area contributed by atoms with Crippen molar-refractivity contribution < 1.29 is 5.11 Å². The van der Waals surface area contributed by atoms with Crippen LogP contribution in [-0.2, 0) is 6.42 Å². The van der Waals surface area contributed by atoms with E-state index in [-0.39, 0.29) is 6.10 Å². The average molecular weight is 216 g/mol. The fraction of sp³-hybridized carbons (Fsp3) is 0.467. The van der Waals surface area contributed by atoms with Crippen LogP contribution in [0.4, 0.5) is 0 Å². The van der Waals surface area contributed by atoms with Crippen molar-refractivity contribution in [1.82, 2.24) is 0 Å². The monoisotopic (exact) mass is 216 g/mol. The summed E-state index contributed by atoms with van der Waals surface area (Å²) in [6, 6.07) is 8.52. The van der Waals surface area contributed by atoms with Crippen LogP contribution in [0.1, 0.15) is 43.2 Å². The van der Waals surface area contributed by atoms with Gasteiger partial charge in [0.05, 0.1) is 6.10 Å². The predicted molar refractivity (Wildman–Crippen MR) is 67.6 cm³/mol. The SMILES string of the molecule is C=C(C)CC(O)C1CCCc2ccccc21. The van der Waals surface area contributed by atoms with Crippen LogP contribution in [0.5, 0.6) is 0 Å². The summed E-state index contributed by atoms with van der Waals surface area (Å²) in [6.45, 7) is 5.87. The summed E-state index contributed by atoms with van der Waals surface area (Å²) in [5.74, 6) is 0.307. The first-order chi connectivity index (χ1) is 7.68. The maximum Gasteiger partial charge on any atom is 0.0645 e. The zero-order valence-electron chi connectivity index (χ0n) is 9.95. The lowest BCUT2D eigenvalue weighted by Crippen LogP contribution is -2.23. The van der Waals surface area contributed by atoms with E-state index in [2.05, 4.69) is 30.8 Å². The molecule has 0 fully saturated rings. The Morgan fingerprint density at radius 3 is 3.00 bits per heavy atom. The fourth-order valence-corrected chi connectivity index (χ4v) is 2.69. The van der Waals surface area contributed by atoms with E-state index in [1.807, 2.05) is 6.92 Å². The summed E-state index contributed by atoms with van der Waals surface area (Å²) in [5.41, 5.74) is 3.83. The molecule has 0 saturated heterocycles. The van der Waals surface area contributed by atoms with Crippen LogP contribution in [0.15, 0.2) is 36.4 Å². The normalized spacial score (nSPS) is 21.2. The maximum absolute atomic E-state index is 10.2. The van der Waals surface area contributed by atoms with Gasteiger partial charge < -0.3 is 5.11 Å². The highest BCUT2D eigenvalue weighted by atomic mass is 16.3. The molecule has 1 heteroatoms. The van der Waals surface area contributed by atoms with Gasteiger partial charge >= 0.3 is 0 Å². The van der Waals surface area contributed by atoms with Gasteiger partial charge in [0.15, 0.2) is 0 Å². The zero-order valence-corrected chi connectivity index (χ0v) is 9.95. The van der Waals surface area contributed by atoms with E-state index in [1.54, 1.807) is 0 Å². The molecule has 1 N–H and O–H groups in total. The fourth-order valence-electron chi connectivity index (χ4n) is 2.69. The molecule has 16 heavy (non-hydrogen) atoms. The summed E-state index contributed by atoms with van der Waals surface area (Å²) in [7, 11) is 0. The molecule has 0 heterocycles. The van der Waals surface area contributed by atoms with Gasteiger partial charge in [0.1, 0.15) is 0 Å². The molecule has 1 aliphatic carbocycles. The molecule has 1 nitrogen and oxygen atoms in total. The second kappa shape index (κ2) is 4.84. The van der Waals surface area contributed by atoms with E-state index < -0.39 is 0 Å². The highest BCUT2D eigenvalue weighted by molar-refractivity contribution is 5.33. The Kier molecular flexibility index (Phi) is 3.45. The number of hydrogen-bond donors (Lipinski definition) is 1. The number of benzene rings is 1. The van der Waals surface area contributed by atoms with Gasteiger partial charge in [-0.15, -0.1) is 6.58 Å². The standard InChI is InChI=1S/C15H20O/c1-11(2)10-15(16)14-9-5-7-12-6-3-4-8-13(12)14/h3-4,6,8,14-16H,1,5,7,9-10H2,2H3. The molecule has 1 aromatic carbocycles. The van der Waals surface area contributed by atoms with Gasteiger partial charge in [0.25, 0.3) is 0 Å². The number of aliphatic hydroxyl groups is 1. The summed E-state index contributed by atoms with van der Waals surface area (Å²) in [6.07, 6.45) is 3.91. The third-order valence-corrected chi connectivity index (χ3v) is 3.44. The Hall–Kier alpha value is -1.08. The molecule has 86 valence electrons. The second-order valence-electron chi connectivity index (χ2n) is 4.93. The minimum absolute atomic E-state index is 0.265. The smallest absolute Gasteiger partial charge is 0.0645 e. The quantitative estimate of drug-likeness (QED) is 0.767. The van der Waals surface area contributed by atoms with E-state index in [0.717, 1.165) is 24.8 Å². The molecule has 2 rings (SSSR count). The molecule has 0 saturated carbocycles. The van der Waals surface area contributed by atoms with Crippen molar-refractivity contribution in [2.75, 3.05) is 0 Å². The van der Waals surface area contributed by atoms with Crippen molar-refractivity contribution in [2.24, 2.45) is 0 Å². The first-order valence-corrected chi connectivity index (χ1v) is 6.08. The topological polar surface area (TPSA) is 20.2 Å². The molecule has 0 radical (unpaired) electrons. The first kappa shape index (κ1) is 11.4. The Labute approximate surface area is 97.8 Å². The first-order valence-electron chi connectivity index (χ1n) is 6.08. The number of fused-ring (bicyclic) bond motifs is 1. The highest BCUT2D eigenvalue weighted by Gasteiger charge is 2.25. The van der Waals surface area contributed by atoms with Crippen LogP contribution in [0.3, 0.4) is 0 Å². The van der Waals surface area contributed by atoms with Gasteiger partial charge in [-0.25, -0.2) is 0 Å². The molecule has 0 bridgehead atoms. The molecular formula is C15H20O.